The number of carbonyl (C=O) groups excluding carboxylic acids is 2. The predicted octanol–water partition coefficient (Wildman–Crippen LogP) is 1.40. The van der Waals surface area contributed by atoms with Gasteiger partial charge in [0.25, 0.3) is 5.91 Å². The smallest absolute Gasteiger partial charge is 0.270 e. The average molecular weight is 414 g/mol. The van der Waals surface area contributed by atoms with Gasteiger partial charge in [0.05, 0.1) is 0 Å². The van der Waals surface area contributed by atoms with Crippen LogP contribution in [0.5, 0.6) is 0 Å². The van der Waals surface area contributed by atoms with E-state index in [0.29, 0.717) is 36.3 Å². The molecule has 0 spiro atoms. The molecule has 0 saturated carbocycles. The molecule has 3 heterocycles. The maximum Gasteiger partial charge on any atom is 0.270 e. The summed E-state index contributed by atoms with van der Waals surface area (Å²) in [7, 11) is 1.70. The first-order valence-corrected chi connectivity index (χ1v) is 10.4. The molecule has 3 rings (SSSR count). The van der Waals surface area contributed by atoms with Crippen molar-refractivity contribution in [3.05, 3.63) is 35.0 Å². The van der Waals surface area contributed by atoms with Gasteiger partial charge < -0.3 is 16.0 Å². The Balaban J connectivity index is 1.47. The van der Waals surface area contributed by atoms with E-state index in [2.05, 4.69) is 20.4 Å². The number of nitrogens with one attached hydrogen (secondary N) is 1. The first-order chi connectivity index (χ1) is 14.3. The summed E-state index contributed by atoms with van der Waals surface area (Å²) in [5, 5.41) is 6.76. The summed E-state index contributed by atoms with van der Waals surface area (Å²) in [4.78, 5) is 35.6. The van der Waals surface area contributed by atoms with Gasteiger partial charge in [-0.1, -0.05) is 0 Å². The molecule has 1 aliphatic heterocycles. The molecule has 162 valence electrons. The summed E-state index contributed by atoms with van der Waals surface area (Å²) in [6.45, 7) is 6.96. The second kappa shape index (κ2) is 9.23. The van der Waals surface area contributed by atoms with Crippen LogP contribution in [0.25, 0.3) is 0 Å². The molecule has 0 bridgehead atoms. The molecule has 30 heavy (non-hydrogen) atoms. The van der Waals surface area contributed by atoms with E-state index in [1.54, 1.807) is 26.2 Å². The lowest BCUT2D eigenvalue weighted by atomic mass is 9.90. The Morgan fingerprint density at radius 1 is 1.27 bits per heavy atom. The molecule has 2 aromatic rings. The number of nitrogens with zero attached hydrogens (tertiary/aromatic N) is 5. The Morgan fingerprint density at radius 2 is 1.97 bits per heavy atom. The number of aryl methyl sites for hydroxylation is 3. The number of amides is 2. The van der Waals surface area contributed by atoms with Gasteiger partial charge in [0, 0.05) is 37.6 Å². The lowest BCUT2D eigenvalue weighted by Crippen LogP contribution is -2.49. The third kappa shape index (κ3) is 4.95. The van der Waals surface area contributed by atoms with Crippen LogP contribution in [0.3, 0.4) is 0 Å². The molecule has 1 saturated heterocycles. The number of hydrogen-bond acceptors (Lipinski definition) is 6. The normalized spacial score (nSPS) is 15.8. The average Bonchev–Trinajstić information content (AvgIpc) is 3.13. The van der Waals surface area contributed by atoms with Crippen molar-refractivity contribution in [2.24, 2.45) is 13.0 Å². The number of likely N-dealkylation sites (tertiary alicyclic amines) is 1. The summed E-state index contributed by atoms with van der Waals surface area (Å²) >= 11 is 0. The van der Waals surface area contributed by atoms with E-state index in [1.807, 2.05) is 18.7 Å². The zero-order chi connectivity index (χ0) is 21.8. The van der Waals surface area contributed by atoms with E-state index < -0.39 is 6.04 Å². The van der Waals surface area contributed by atoms with Crippen LogP contribution in [0.1, 0.15) is 53.8 Å². The largest absolute Gasteiger partial charge is 0.383 e. The van der Waals surface area contributed by atoms with Gasteiger partial charge in [-0.05, 0) is 58.4 Å². The highest BCUT2D eigenvalue weighted by Crippen LogP contribution is 2.25. The van der Waals surface area contributed by atoms with Crippen molar-refractivity contribution in [2.45, 2.75) is 52.5 Å². The van der Waals surface area contributed by atoms with Gasteiger partial charge in [0.2, 0.25) is 5.91 Å². The molecular weight excluding hydrogens is 382 g/mol. The van der Waals surface area contributed by atoms with E-state index in [9.17, 15) is 9.59 Å². The van der Waals surface area contributed by atoms with E-state index in [-0.39, 0.29) is 11.8 Å². The van der Waals surface area contributed by atoms with Gasteiger partial charge >= 0.3 is 0 Å². The van der Waals surface area contributed by atoms with E-state index in [0.717, 1.165) is 36.9 Å². The number of piperidine rings is 1. The van der Waals surface area contributed by atoms with Crippen molar-refractivity contribution in [1.29, 1.82) is 0 Å². The molecule has 1 aliphatic rings. The number of nitrogen functional groups attached to an aromatic ring is 1. The standard InChI is InChI=1S/C21H31N7O2/c1-13-17(19(22)26-15(3)24-13)6-5-16-8-11-28(12-9-16)21(30)14(2)25-20(29)18-7-10-23-27(18)4/h7,10,14,16H,5-6,8-9,11-12H2,1-4H3,(H,25,29)(H2,22,24,26)/t14-/m0/s1. The topological polar surface area (TPSA) is 119 Å². The van der Waals surface area contributed by atoms with Crippen LogP contribution in [0.15, 0.2) is 12.3 Å². The third-order valence-corrected chi connectivity index (χ3v) is 5.86. The minimum Gasteiger partial charge on any atom is -0.383 e. The van der Waals surface area contributed by atoms with Gasteiger partial charge in [-0.15, -0.1) is 0 Å². The second-order valence-electron chi connectivity index (χ2n) is 8.06. The number of anilines is 1. The van der Waals surface area contributed by atoms with Gasteiger partial charge in [-0.25, -0.2) is 9.97 Å². The summed E-state index contributed by atoms with van der Waals surface area (Å²) in [5.74, 6) is 1.47. The van der Waals surface area contributed by atoms with Crippen LogP contribution in [-0.4, -0.2) is 55.6 Å². The van der Waals surface area contributed by atoms with Gasteiger partial charge in [-0.2, -0.15) is 5.10 Å². The highest BCUT2D eigenvalue weighted by molar-refractivity contribution is 5.96. The first kappa shape index (κ1) is 21.7. The van der Waals surface area contributed by atoms with Crippen molar-refractivity contribution >= 4 is 17.6 Å². The molecule has 0 radical (unpaired) electrons. The molecule has 9 nitrogen and oxygen atoms in total. The molecular formula is C21H31N7O2. The zero-order valence-electron chi connectivity index (χ0n) is 18.2. The number of aromatic nitrogens is 4. The summed E-state index contributed by atoms with van der Waals surface area (Å²) in [6, 6.07) is 1.06. The molecule has 2 aromatic heterocycles. The van der Waals surface area contributed by atoms with Crippen molar-refractivity contribution < 1.29 is 9.59 Å². The zero-order valence-corrected chi connectivity index (χ0v) is 18.2. The van der Waals surface area contributed by atoms with Crippen LogP contribution >= 0.6 is 0 Å². The Bertz CT molecular complexity index is 893. The number of nitrogens with two attached hydrogens (primary N) is 1. The van der Waals surface area contributed by atoms with Crippen LogP contribution in [0.2, 0.25) is 0 Å². The maximum atomic E-state index is 12.8. The fraction of sp³-hybridized carbons (Fsp3) is 0.571. The Labute approximate surface area is 177 Å². The monoisotopic (exact) mass is 413 g/mol. The second-order valence-corrected chi connectivity index (χ2v) is 8.06. The number of hydrogen-bond donors (Lipinski definition) is 2. The molecule has 0 unspecified atom stereocenters. The quantitative estimate of drug-likeness (QED) is 0.739. The van der Waals surface area contributed by atoms with E-state index >= 15 is 0 Å². The van der Waals surface area contributed by atoms with Gasteiger partial charge in [-0.3, -0.25) is 14.3 Å². The minimum atomic E-state index is -0.573. The molecule has 3 N–H and O–H groups in total. The molecule has 1 fully saturated rings. The predicted molar refractivity (Wildman–Crippen MR) is 114 cm³/mol. The van der Waals surface area contributed by atoms with Crippen LogP contribution in [0.4, 0.5) is 5.82 Å². The molecule has 2 amide bonds. The van der Waals surface area contributed by atoms with Crippen LogP contribution in [-0.2, 0) is 18.3 Å². The number of carbonyl (C=O) groups is 2. The fourth-order valence-electron chi connectivity index (χ4n) is 4.06. The molecule has 1 atom stereocenters. The fourth-order valence-corrected chi connectivity index (χ4v) is 4.06. The highest BCUT2D eigenvalue weighted by atomic mass is 16.2. The third-order valence-electron chi connectivity index (χ3n) is 5.86. The van der Waals surface area contributed by atoms with Crippen LogP contribution < -0.4 is 11.1 Å². The van der Waals surface area contributed by atoms with Crippen molar-refractivity contribution in [2.75, 3.05) is 18.8 Å². The van der Waals surface area contributed by atoms with Crippen molar-refractivity contribution in [1.82, 2.24) is 30.0 Å². The van der Waals surface area contributed by atoms with Crippen LogP contribution in [0, 0.1) is 19.8 Å². The Kier molecular flexibility index (Phi) is 6.69. The molecule has 0 aromatic carbocycles. The summed E-state index contributed by atoms with van der Waals surface area (Å²) in [5.41, 5.74) is 8.49. The molecule has 9 heteroatoms. The van der Waals surface area contributed by atoms with Gasteiger partial charge in [0.1, 0.15) is 23.4 Å². The van der Waals surface area contributed by atoms with Gasteiger partial charge in [0.15, 0.2) is 0 Å². The maximum absolute atomic E-state index is 12.8. The SMILES string of the molecule is Cc1nc(C)c(CCC2CCN(C(=O)[C@H](C)NC(=O)c3ccnn3C)CC2)c(N)n1. The lowest BCUT2D eigenvalue weighted by molar-refractivity contribution is -0.134. The lowest BCUT2D eigenvalue weighted by Gasteiger charge is -2.33. The minimum absolute atomic E-state index is 0.0454. The Morgan fingerprint density at radius 3 is 2.57 bits per heavy atom. The Hall–Kier alpha value is -2.97. The number of rotatable bonds is 6. The van der Waals surface area contributed by atoms with Crippen molar-refractivity contribution in [3.8, 4) is 0 Å². The van der Waals surface area contributed by atoms with E-state index in [1.165, 1.54) is 4.68 Å². The summed E-state index contributed by atoms with van der Waals surface area (Å²) in [6.07, 6.45) is 5.31. The van der Waals surface area contributed by atoms with Crippen molar-refractivity contribution in [3.63, 3.8) is 0 Å². The van der Waals surface area contributed by atoms with E-state index in [4.69, 9.17) is 5.73 Å². The molecule has 0 aliphatic carbocycles. The highest BCUT2D eigenvalue weighted by Gasteiger charge is 2.27. The summed E-state index contributed by atoms with van der Waals surface area (Å²) < 4.78 is 1.49. The first-order valence-electron chi connectivity index (χ1n) is 10.4.